The zero-order chi connectivity index (χ0) is 15.6. The minimum atomic E-state index is 0.329. The van der Waals surface area contributed by atoms with Gasteiger partial charge in [-0.15, -0.1) is 0 Å². The maximum absolute atomic E-state index is 10.9. The third-order valence-corrected chi connectivity index (χ3v) is 4.20. The van der Waals surface area contributed by atoms with Crippen molar-refractivity contribution < 1.29 is 5.11 Å². The van der Waals surface area contributed by atoms with Gasteiger partial charge < -0.3 is 5.11 Å². The molecule has 0 saturated heterocycles. The lowest BCUT2D eigenvalue weighted by Gasteiger charge is -2.12. The number of fused-ring (bicyclic) bond motifs is 1. The van der Waals surface area contributed by atoms with E-state index in [1.54, 1.807) is 0 Å². The molecule has 0 unspecified atom stereocenters. The zero-order valence-electron chi connectivity index (χ0n) is 12.6. The van der Waals surface area contributed by atoms with Crippen LogP contribution in [0.25, 0.3) is 33.0 Å². The lowest BCUT2D eigenvalue weighted by molar-refractivity contribution is 0.479. The number of rotatable bonds is 2. The molecular weight excluding hydrogens is 280 g/mol. The van der Waals surface area contributed by atoms with Crippen molar-refractivity contribution in [2.24, 2.45) is 0 Å². The first-order valence-corrected chi connectivity index (χ1v) is 7.70. The fourth-order valence-corrected chi connectivity index (χ4v) is 3.07. The fourth-order valence-electron chi connectivity index (χ4n) is 3.07. The molecule has 0 amide bonds. The third kappa shape index (κ3) is 2.36. The van der Waals surface area contributed by atoms with Gasteiger partial charge in [-0.2, -0.15) is 0 Å². The molecule has 4 rings (SSSR count). The van der Waals surface area contributed by atoms with E-state index in [2.05, 4.69) is 24.3 Å². The van der Waals surface area contributed by atoms with Crippen molar-refractivity contribution in [1.29, 1.82) is 0 Å². The molecule has 0 aliphatic heterocycles. The average Bonchev–Trinajstić information content (AvgIpc) is 2.62. The molecule has 0 bridgehead atoms. The van der Waals surface area contributed by atoms with Gasteiger partial charge in [0.25, 0.3) is 0 Å². The quantitative estimate of drug-likeness (QED) is 0.490. The van der Waals surface area contributed by atoms with Crippen molar-refractivity contribution in [2.75, 3.05) is 0 Å². The Morgan fingerprint density at radius 3 is 1.96 bits per heavy atom. The van der Waals surface area contributed by atoms with Crippen LogP contribution in [0.1, 0.15) is 0 Å². The monoisotopic (exact) mass is 296 g/mol. The molecule has 110 valence electrons. The molecule has 0 aliphatic rings. The lowest BCUT2D eigenvalue weighted by Crippen LogP contribution is -1.85. The predicted molar refractivity (Wildman–Crippen MR) is 96.5 cm³/mol. The van der Waals surface area contributed by atoms with E-state index < -0.39 is 0 Å². The highest BCUT2D eigenvalue weighted by Crippen LogP contribution is 2.40. The Kier molecular flexibility index (Phi) is 3.32. The van der Waals surface area contributed by atoms with Crippen molar-refractivity contribution in [3.05, 3.63) is 91.0 Å². The molecule has 4 aromatic carbocycles. The summed E-state index contributed by atoms with van der Waals surface area (Å²) in [5, 5.41) is 13.2. The molecule has 23 heavy (non-hydrogen) atoms. The van der Waals surface area contributed by atoms with Crippen LogP contribution in [0.15, 0.2) is 91.0 Å². The molecule has 0 aliphatic carbocycles. The molecule has 0 spiro atoms. The van der Waals surface area contributed by atoms with E-state index in [-0.39, 0.29) is 0 Å². The summed E-state index contributed by atoms with van der Waals surface area (Å²) in [6.07, 6.45) is 0. The molecule has 0 atom stereocenters. The number of phenolic OH excluding ortho intramolecular Hbond substituents is 1. The van der Waals surface area contributed by atoms with Crippen molar-refractivity contribution >= 4 is 10.8 Å². The Hall–Kier alpha value is -3.06. The van der Waals surface area contributed by atoms with Crippen LogP contribution in [0, 0.1) is 0 Å². The first kappa shape index (κ1) is 13.6. The third-order valence-electron chi connectivity index (χ3n) is 4.20. The van der Waals surface area contributed by atoms with E-state index >= 15 is 0 Å². The Morgan fingerprint density at radius 2 is 1.09 bits per heavy atom. The molecule has 1 heteroatoms. The van der Waals surface area contributed by atoms with E-state index in [4.69, 9.17) is 0 Å². The van der Waals surface area contributed by atoms with Gasteiger partial charge in [0.05, 0.1) is 0 Å². The second-order valence-electron chi connectivity index (χ2n) is 5.59. The first-order chi connectivity index (χ1) is 11.3. The Balaban J connectivity index is 1.96. The highest BCUT2D eigenvalue weighted by molar-refractivity contribution is 5.99. The van der Waals surface area contributed by atoms with Crippen LogP contribution in [-0.2, 0) is 0 Å². The Labute approximate surface area is 135 Å². The van der Waals surface area contributed by atoms with Crippen molar-refractivity contribution in [3.8, 4) is 28.0 Å². The van der Waals surface area contributed by atoms with E-state index in [0.717, 1.165) is 27.6 Å². The average molecular weight is 296 g/mol. The van der Waals surface area contributed by atoms with E-state index in [1.165, 1.54) is 5.39 Å². The maximum atomic E-state index is 10.9. The van der Waals surface area contributed by atoms with Crippen LogP contribution < -0.4 is 0 Å². The smallest absolute Gasteiger partial charge is 0.131 e. The summed E-state index contributed by atoms with van der Waals surface area (Å²) in [7, 11) is 0. The summed E-state index contributed by atoms with van der Waals surface area (Å²) in [4.78, 5) is 0. The highest BCUT2D eigenvalue weighted by Gasteiger charge is 2.12. The zero-order valence-corrected chi connectivity index (χ0v) is 12.6. The van der Waals surface area contributed by atoms with Gasteiger partial charge in [0, 0.05) is 11.1 Å². The van der Waals surface area contributed by atoms with Gasteiger partial charge in [-0.25, -0.2) is 0 Å². The number of hydrogen-bond acceptors (Lipinski definition) is 1. The van der Waals surface area contributed by atoms with Crippen LogP contribution in [0.2, 0.25) is 0 Å². The maximum Gasteiger partial charge on any atom is 0.131 e. The molecule has 1 N–H and O–H groups in total. The number of hydrogen-bond donors (Lipinski definition) is 1. The molecule has 0 aromatic heterocycles. The van der Waals surface area contributed by atoms with Crippen molar-refractivity contribution in [3.63, 3.8) is 0 Å². The SMILES string of the molecule is Oc1c(-c2ccccc2)cccc1-c1cccc2ccccc12. The Morgan fingerprint density at radius 1 is 0.478 bits per heavy atom. The van der Waals surface area contributed by atoms with E-state index in [1.807, 2.05) is 66.7 Å². The molecule has 1 nitrogen and oxygen atoms in total. The van der Waals surface area contributed by atoms with Gasteiger partial charge in [0.15, 0.2) is 0 Å². The second-order valence-corrected chi connectivity index (χ2v) is 5.59. The molecule has 0 fully saturated rings. The largest absolute Gasteiger partial charge is 0.507 e. The van der Waals surface area contributed by atoms with Gasteiger partial charge in [-0.3, -0.25) is 0 Å². The number of aromatic hydroxyl groups is 1. The number of benzene rings is 4. The van der Waals surface area contributed by atoms with Crippen LogP contribution in [0.4, 0.5) is 0 Å². The fraction of sp³-hybridized carbons (Fsp3) is 0. The predicted octanol–water partition coefficient (Wildman–Crippen LogP) is 5.88. The first-order valence-electron chi connectivity index (χ1n) is 7.70. The molecule has 0 heterocycles. The molecule has 0 radical (unpaired) electrons. The van der Waals surface area contributed by atoms with Crippen LogP contribution in [0.3, 0.4) is 0 Å². The van der Waals surface area contributed by atoms with Gasteiger partial charge >= 0.3 is 0 Å². The standard InChI is InChI=1S/C22H16O/c23-22-19(17-8-2-1-3-9-17)13-7-15-21(22)20-14-6-11-16-10-4-5-12-18(16)20/h1-15,23H. The topological polar surface area (TPSA) is 20.2 Å². The molecule has 4 aromatic rings. The Bertz CT molecular complexity index is 966. The van der Waals surface area contributed by atoms with E-state index in [9.17, 15) is 5.11 Å². The normalized spacial score (nSPS) is 10.8. The minimum absolute atomic E-state index is 0.329. The summed E-state index contributed by atoms with van der Waals surface area (Å²) in [6.45, 7) is 0. The molecule has 0 saturated carbocycles. The number of phenols is 1. The summed E-state index contributed by atoms with van der Waals surface area (Å²) in [5.41, 5.74) is 3.80. The summed E-state index contributed by atoms with van der Waals surface area (Å²) in [5.74, 6) is 0.329. The van der Waals surface area contributed by atoms with Gasteiger partial charge in [-0.1, -0.05) is 91.0 Å². The van der Waals surface area contributed by atoms with Gasteiger partial charge in [0.2, 0.25) is 0 Å². The van der Waals surface area contributed by atoms with Crippen LogP contribution in [0.5, 0.6) is 5.75 Å². The summed E-state index contributed by atoms with van der Waals surface area (Å²) in [6, 6.07) is 30.4. The number of para-hydroxylation sites is 1. The van der Waals surface area contributed by atoms with Crippen molar-refractivity contribution in [2.45, 2.75) is 0 Å². The minimum Gasteiger partial charge on any atom is -0.507 e. The summed E-state index contributed by atoms with van der Waals surface area (Å²) < 4.78 is 0. The lowest BCUT2D eigenvalue weighted by atomic mass is 9.94. The van der Waals surface area contributed by atoms with Crippen LogP contribution >= 0.6 is 0 Å². The van der Waals surface area contributed by atoms with Crippen molar-refractivity contribution in [1.82, 2.24) is 0 Å². The second kappa shape index (κ2) is 5.62. The summed E-state index contributed by atoms with van der Waals surface area (Å²) >= 11 is 0. The molecular formula is C22H16O. The van der Waals surface area contributed by atoms with E-state index in [0.29, 0.717) is 5.75 Å². The van der Waals surface area contributed by atoms with Crippen LogP contribution in [-0.4, -0.2) is 5.11 Å². The van der Waals surface area contributed by atoms with Gasteiger partial charge in [0.1, 0.15) is 5.75 Å². The highest BCUT2D eigenvalue weighted by atomic mass is 16.3. The van der Waals surface area contributed by atoms with Gasteiger partial charge in [-0.05, 0) is 21.9 Å².